The molecule has 5 rings (SSSR count). The average molecular weight is 487 g/mol. The molecule has 0 saturated heterocycles. The standard InChI is InChI=1S/C26H23ClN6O2/c1-15-22(30-16(2)23(15)26(35)28-9-11-33-12-10-29-32-33)14-20-24-19(17-5-3-6-18(27)13-17)7-4-8-21(24)31-25(20)34/h3-8,10,12-14,30H,9,11H2,1-2H3,(H,28,35)(H,31,34)/b20-14-. The molecule has 9 heteroatoms. The summed E-state index contributed by atoms with van der Waals surface area (Å²) in [5.74, 6) is -0.378. The van der Waals surface area contributed by atoms with E-state index in [1.807, 2.05) is 62.4 Å². The van der Waals surface area contributed by atoms with Gasteiger partial charge >= 0.3 is 0 Å². The molecule has 176 valence electrons. The third-order valence-corrected chi connectivity index (χ3v) is 6.29. The molecule has 0 spiro atoms. The van der Waals surface area contributed by atoms with E-state index in [0.717, 1.165) is 33.6 Å². The highest BCUT2D eigenvalue weighted by atomic mass is 35.5. The molecule has 2 aromatic carbocycles. The Bertz CT molecular complexity index is 1470. The third kappa shape index (κ3) is 4.36. The van der Waals surface area contributed by atoms with Gasteiger partial charge in [-0.3, -0.25) is 14.3 Å². The van der Waals surface area contributed by atoms with Crippen molar-refractivity contribution in [3.05, 3.63) is 88.0 Å². The van der Waals surface area contributed by atoms with Gasteiger partial charge in [0.05, 0.1) is 23.9 Å². The van der Waals surface area contributed by atoms with Gasteiger partial charge in [0, 0.05) is 40.4 Å². The number of aromatic amines is 1. The Morgan fingerprint density at radius 3 is 2.80 bits per heavy atom. The first-order valence-electron chi connectivity index (χ1n) is 11.2. The number of rotatable bonds is 6. The second kappa shape index (κ2) is 9.23. The van der Waals surface area contributed by atoms with Crippen LogP contribution in [0.1, 0.15) is 32.9 Å². The summed E-state index contributed by atoms with van der Waals surface area (Å²) in [5.41, 5.74) is 6.68. The van der Waals surface area contributed by atoms with Crippen molar-refractivity contribution in [2.24, 2.45) is 0 Å². The van der Waals surface area contributed by atoms with E-state index in [-0.39, 0.29) is 11.8 Å². The first-order valence-corrected chi connectivity index (χ1v) is 11.5. The number of carbonyl (C=O) groups excluding carboxylic acids is 2. The molecule has 35 heavy (non-hydrogen) atoms. The van der Waals surface area contributed by atoms with Gasteiger partial charge in [0.1, 0.15) is 0 Å². The average Bonchev–Trinajstić information content (AvgIpc) is 3.52. The molecule has 1 aliphatic rings. The number of anilines is 1. The Hall–Kier alpha value is -4.17. The molecule has 0 unspecified atom stereocenters. The summed E-state index contributed by atoms with van der Waals surface area (Å²) in [6, 6.07) is 13.3. The van der Waals surface area contributed by atoms with Crippen molar-refractivity contribution in [2.45, 2.75) is 20.4 Å². The van der Waals surface area contributed by atoms with E-state index < -0.39 is 0 Å². The Kier molecular flexibility index (Phi) is 5.96. The number of halogens is 1. The zero-order valence-corrected chi connectivity index (χ0v) is 20.0. The van der Waals surface area contributed by atoms with Crippen molar-refractivity contribution in [2.75, 3.05) is 11.9 Å². The molecule has 0 bridgehead atoms. The zero-order valence-electron chi connectivity index (χ0n) is 19.2. The molecule has 0 fully saturated rings. The van der Waals surface area contributed by atoms with Crippen molar-refractivity contribution < 1.29 is 9.59 Å². The van der Waals surface area contributed by atoms with E-state index in [9.17, 15) is 9.59 Å². The monoisotopic (exact) mass is 486 g/mol. The number of carbonyl (C=O) groups is 2. The molecular weight excluding hydrogens is 464 g/mol. The topological polar surface area (TPSA) is 105 Å². The lowest BCUT2D eigenvalue weighted by Gasteiger charge is -2.09. The third-order valence-electron chi connectivity index (χ3n) is 6.05. The maximum atomic E-state index is 13.0. The maximum Gasteiger partial charge on any atom is 0.256 e. The molecule has 2 amide bonds. The number of fused-ring (bicyclic) bond motifs is 1. The largest absolute Gasteiger partial charge is 0.358 e. The van der Waals surface area contributed by atoms with Crippen molar-refractivity contribution in [1.29, 1.82) is 0 Å². The van der Waals surface area contributed by atoms with Crippen molar-refractivity contribution in [3.63, 3.8) is 0 Å². The molecule has 0 atom stereocenters. The molecule has 0 saturated carbocycles. The van der Waals surface area contributed by atoms with Crippen molar-refractivity contribution in [3.8, 4) is 11.1 Å². The number of benzene rings is 2. The van der Waals surface area contributed by atoms with Crippen LogP contribution >= 0.6 is 11.6 Å². The maximum absolute atomic E-state index is 13.0. The predicted octanol–water partition coefficient (Wildman–Crippen LogP) is 4.47. The van der Waals surface area contributed by atoms with Gasteiger partial charge in [-0.15, -0.1) is 5.10 Å². The Morgan fingerprint density at radius 2 is 2.03 bits per heavy atom. The van der Waals surface area contributed by atoms with E-state index in [1.54, 1.807) is 17.1 Å². The van der Waals surface area contributed by atoms with E-state index in [4.69, 9.17) is 11.6 Å². The van der Waals surface area contributed by atoms with Crippen LogP contribution in [0.15, 0.2) is 54.9 Å². The van der Waals surface area contributed by atoms with Crippen LogP contribution in [0.4, 0.5) is 5.69 Å². The second-order valence-electron chi connectivity index (χ2n) is 8.34. The Morgan fingerprint density at radius 1 is 1.20 bits per heavy atom. The van der Waals surface area contributed by atoms with Crippen LogP contribution in [0.25, 0.3) is 22.8 Å². The van der Waals surface area contributed by atoms with E-state index in [1.165, 1.54) is 0 Å². The summed E-state index contributed by atoms with van der Waals surface area (Å²) in [6.45, 7) is 4.66. The minimum Gasteiger partial charge on any atom is -0.358 e. The minimum atomic E-state index is -0.194. The number of aryl methyl sites for hydroxylation is 1. The van der Waals surface area contributed by atoms with Crippen molar-refractivity contribution in [1.82, 2.24) is 25.3 Å². The summed E-state index contributed by atoms with van der Waals surface area (Å²) in [4.78, 5) is 29.2. The highest BCUT2D eigenvalue weighted by Gasteiger charge is 2.28. The summed E-state index contributed by atoms with van der Waals surface area (Å²) in [5, 5.41) is 14.2. The van der Waals surface area contributed by atoms with Crippen LogP contribution in [-0.2, 0) is 11.3 Å². The fraction of sp³-hybridized carbons (Fsp3) is 0.154. The molecule has 2 aromatic heterocycles. The fourth-order valence-electron chi connectivity index (χ4n) is 4.41. The van der Waals surface area contributed by atoms with Gasteiger partial charge in [-0.1, -0.05) is 41.1 Å². The summed E-state index contributed by atoms with van der Waals surface area (Å²) >= 11 is 6.23. The number of amides is 2. The normalized spacial score (nSPS) is 13.7. The van der Waals surface area contributed by atoms with Crippen LogP contribution in [0.5, 0.6) is 0 Å². The number of aromatic nitrogens is 4. The van der Waals surface area contributed by atoms with Gasteiger partial charge in [0.25, 0.3) is 11.8 Å². The Labute approximate surface area is 207 Å². The SMILES string of the molecule is Cc1[nH]c(/C=C2\C(=O)Nc3cccc(-c4cccc(Cl)c4)c32)c(C)c1C(=O)NCCn1ccnn1. The van der Waals surface area contributed by atoms with E-state index in [2.05, 4.69) is 25.9 Å². The molecule has 0 aliphatic carbocycles. The number of hydrogen-bond donors (Lipinski definition) is 3. The highest BCUT2D eigenvalue weighted by molar-refractivity contribution is 6.36. The first kappa shape index (κ1) is 22.6. The zero-order chi connectivity index (χ0) is 24.5. The quantitative estimate of drug-likeness (QED) is 0.350. The van der Waals surface area contributed by atoms with Crippen LogP contribution in [0.3, 0.4) is 0 Å². The number of nitrogens with one attached hydrogen (secondary N) is 3. The molecule has 1 aliphatic heterocycles. The molecular formula is C26H23ClN6O2. The van der Waals surface area contributed by atoms with Crippen molar-refractivity contribution >= 4 is 40.8 Å². The lowest BCUT2D eigenvalue weighted by molar-refractivity contribution is -0.110. The van der Waals surface area contributed by atoms with Crippen LogP contribution in [0, 0.1) is 13.8 Å². The van der Waals surface area contributed by atoms with Gasteiger partial charge < -0.3 is 15.6 Å². The van der Waals surface area contributed by atoms with Gasteiger partial charge in [-0.05, 0) is 54.8 Å². The molecule has 3 heterocycles. The summed E-state index contributed by atoms with van der Waals surface area (Å²) in [6.07, 6.45) is 5.15. The number of nitrogens with zero attached hydrogens (tertiary/aromatic N) is 3. The van der Waals surface area contributed by atoms with E-state index >= 15 is 0 Å². The first-order chi connectivity index (χ1) is 16.9. The predicted molar refractivity (Wildman–Crippen MR) is 136 cm³/mol. The van der Waals surface area contributed by atoms with Gasteiger partial charge in [0.15, 0.2) is 0 Å². The molecule has 8 nitrogen and oxygen atoms in total. The molecule has 0 radical (unpaired) electrons. The minimum absolute atomic E-state index is 0.183. The fourth-order valence-corrected chi connectivity index (χ4v) is 4.60. The number of hydrogen-bond acceptors (Lipinski definition) is 4. The lowest BCUT2D eigenvalue weighted by Crippen LogP contribution is -2.28. The smallest absolute Gasteiger partial charge is 0.256 e. The van der Waals surface area contributed by atoms with Gasteiger partial charge in [-0.2, -0.15) is 0 Å². The lowest BCUT2D eigenvalue weighted by atomic mass is 9.94. The second-order valence-corrected chi connectivity index (χ2v) is 8.77. The number of H-pyrrole nitrogens is 1. The molecule has 4 aromatic rings. The van der Waals surface area contributed by atoms with Crippen LogP contribution in [-0.4, -0.2) is 38.3 Å². The van der Waals surface area contributed by atoms with Crippen LogP contribution < -0.4 is 10.6 Å². The summed E-state index contributed by atoms with van der Waals surface area (Å²) in [7, 11) is 0. The highest BCUT2D eigenvalue weighted by Crippen LogP contribution is 2.41. The van der Waals surface area contributed by atoms with Gasteiger partial charge in [-0.25, -0.2) is 0 Å². The Balaban J connectivity index is 1.47. The summed E-state index contributed by atoms with van der Waals surface area (Å²) < 4.78 is 1.65. The molecule has 3 N–H and O–H groups in total. The van der Waals surface area contributed by atoms with E-state index in [0.29, 0.717) is 34.9 Å². The van der Waals surface area contributed by atoms with Crippen LogP contribution in [0.2, 0.25) is 5.02 Å². The van der Waals surface area contributed by atoms with Gasteiger partial charge in [0.2, 0.25) is 0 Å².